The minimum absolute atomic E-state index is 0.0877. The number of benzene rings is 2. The molecule has 0 aliphatic heterocycles. The molecule has 0 spiro atoms. The Labute approximate surface area is 143 Å². The lowest BCUT2D eigenvalue weighted by Gasteiger charge is -2.36. The lowest BCUT2D eigenvalue weighted by atomic mass is 9.68. The normalized spacial score (nSPS) is 16.5. The van der Waals surface area contributed by atoms with Crippen molar-refractivity contribution in [2.24, 2.45) is 0 Å². The van der Waals surface area contributed by atoms with E-state index in [0.29, 0.717) is 18.5 Å². The largest absolute Gasteiger partial charge is 0.355 e. The summed E-state index contributed by atoms with van der Waals surface area (Å²) >= 11 is 0. The van der Waals surface area contributed by atoms with Crippen LogP contribution in [-0.4, -0.2) is 12.5 Å². The molecule has 3 heteroatoms. The molecule has 1 aliphatic rings. The molecule has 0 atom stereocenters. The van der Waals surface area contributed by atoms with Gasteiger partial charge in [0.15, 0.2) is 0 Å². The number of nitrogens with one attached hydrogen (secondary N) is 1. The number of hydrogen-bond donors (Lipinski definition) is 1. The third-order valence-corrected chi connectivity index (χ3v) is 5.11. The Bertz CT molecular complexity index is 677. The van der Waals surface area contributed by atoms with Gasteiger partial charge in [-0.2, -0.15) is 0 Å². The predicted octanol–water partition coefficient (Wildman–Crippen LogP) is 4.39. The van der Waals surface area contributed by atoms with E-state index in [1.807, 2.05) is 24.3 Å². The number of amides is 1. The van der Waals surface area contributed by atoms with Gasteiger partial charge in [0.2, 0.25) is 5.91 Å². The molecule has 0 bridgehead atoms. The third kappa shape index (κ3) is 3.50. The summed E-state index contributed by atoms with van der Waals surface area (Å²) in [4.78, 5) is 13.0. The predicted molar refractivity (Wildman–Crippen MR) is 94.3 cm³/mol. The monoisotopic (exact) mass is 325 g/mol. The van der Waals surface area contributed by atoms with E-state index in [0.717, 1.165) is 31.2 Å². The molecule has 1 aliphatic carbocycles. The highest BCUT2D eigenvalue weighted by Gasteiger charge is 2.40. The van der Waals surface area contributed by atoms with Gasteiger partial charge in [-0.3, -0.25) is 4.79 Å². The van der Waals surface area contributed by atoms with E-state index in [2.05, 4.69) is 17.4 Å². The van der Waals surface area contributed by atoms with E-state index in [9.17, 15) is 9.18 Å². The van der Waals surface area contributed by atoms with E-state index in [4.69, 9.17) is 0 Å². The molecule has 0 saturated heterocycles. The molecule has 0 aromatic heterocycles. The van der Waals surface area contributed by atoms with Crippen molar-refractivity contribution in [3.05, 3.63) is 71.5 Å². The lowest BCUT2D eigenvalue weighted by Crippen LogP contribution is -2.46. The molecule has 1 N–H and O–H groups in total. The maximum Gasteiger partial charge on any atom is 0.230 e. The summed E-state index contributed by atoms with van der Waals surface area (Å²) in [6.07, 6.45) is 5.65. The zero-order valence-electron chi connectivity index (χ0n) is 13.9. The number of hydrogen-bond acceptors (Lipinski definition) is 1. The first-order valence-corrected chi connectivity index (χ1v) is 8.80. The zero-order valence-corrected chi connectivity index (χ0v) is 13.9. The molecule has 2 aromatic rings. The van der Waals surface area contributed by atoms with Gasteiger partial charge in [0.25, 0.3) is 0 Å². The maximum absolute atomic E-state index is 13.7. The van der Waals surface area contributed by atoms with Crippen LogP contribution in [0.4, 0.5) is 4.39 Å². The van der Waals surface area contributed by atoms with Crippen LogP contribution in [0.5, 0.6) is 0 Å². The van der Waals surface area contributed by atoms with Crippen molar-refractivity contribution in [3.63, 3.8) is 0 Å². The van der Waals surface area contributed by atoms with E-state index < -0.39 is 5.41 Å². The molecular formula is C21H24FNO. The fourth-order valence-corrected chi connectivity index (χ4v) is 3.74. The van der Waals surface area contributed by atoms with Crippen molar-refractivity contribution in [1.82, 2.24) is 5.32 Å². The number of carbonyl (C=O) groups excluding carboxylic acids is 1. The van der Waals surface area contributed by atoms with Gasteiger partial charge in [-0.15, -0.1) is 0 Å². The van der Waals surface area contributed by atoms with Crippen LogP contribution in [0.15, 0.2) is 54.6 Å². The summed E-state index contributed by atoms with van der Waals surface area (Å²) in [5.41, 5.74) is 1.33. The minimum Gasteiger partial charge on any atom is -0.355 e. The number of halogens is 1. The van der Waals surface area contributed by atoms with Crippen molar-refractivity contribution in [2.75, 3.05) is 6.54 Å². The summed E-state index contributed by atoms with van der Waals surface area (Å²) in [5.74, 6) is -0.119. The molecule has 126 valence electrons. The smallest absolute Gasteiger partial charge is 0.230 e. The van der Waals surface area contributed by atoms with Crippen molar-refractivity contribution in [2.45, 2.75) is 43.9 Å². The minimum atomic E-state index is -0.422. The van der Waals surface area contributed by atoms with Gasteiger partial charge in [0, 0.05) is 6.54 Å². The molecule has 2 aromatic carbocycles. The Hall–Kier alpha value is -2.16. The molecule has 0 unspecified atom stereocenters. The molecule has 1 fully saturated rings. The first kappa shape index (κ1) is 16.7. The van der Waals surface area contributed by atoms with E-state index in [1.165, 1.54) is 12.5 Å². The second-order valence-corrected chi connectivity index (χ2v) is 6.61. The van der Waals surface area contributed by atoms with Crippen LogP contribution in [0.25, 0.3) is 0 Å². The summed E-state index contributed by atoms with van der Waals surface area (Å²) in [5, 5.41) is 3.06. The summed E-state index contributed by atoms with van der Waals surface area (Å²) in [6, 6.07) is 16.8. The maximum atomic E-state index is 13.7. The highest BCUT2D eigenvalue weighted by molar-refractivity contribution is 5.88. The van der Waals surface area contributed by atoms with Crippen molar-refractivity contribution in [3.8, 4) is 0 Å². The Morgan fingerprint density at radius 2 is 1.62 bits per heavy atom. The van der Waals surface area contributed by atoms with Crippen molar-refractivity contribution < 1.29 is 9.18 Å². The first-order chi connectivity index (χ1) is 11.7. The number of rotatable bonds is 5. The molecule has 3 rings (SSSR count). The van der Waals surface area contributed by atoms with Crippen LogP contribution in [-0.2, 0) is 16.6 Å². The molecule has 1 saturated carbocycles. The molecule has 24 heavy (non-hydrogen) atoms. The SMILES string of the molecule is O=C(NCCc1ccccc1F)C1(c2ccccc2)CCCCC1. The Kier molecular flexibility index (Phi) is 5.29. The zero-order chi connectivity index (χ0) is 16.8. The standard InChI is InChI=1S/C21H24FNO/c22-19-12-6-5-9-17(19)13-16-23-20(24)21(14-7-2-8-15-21)18-10-3-1-4-11-18/h1,3-6,9-12H,2,7-8,13-16H2,(H,23,24). The fourth-order valence-electron chi connectivity index (χ4n) is 3.74. The second kappa shape index (κ2) is 7.61. The van der Waals surface area contributed by atoms with Crippen LogP contribution in [0.2, 0.25) is 0 Å². The van der Waals surface area contributed by atoms with E-state index >= 15 is 0 Å². The van der Waals surface area contributed by atoms with Crippen LogP contribution in [0.3, 0.4) is 0 Å². The molecule has 0 radical (unpaired) electrons. The van der Waals surface area contributed by atoms with Gasteiger partial charge < -0.3 is 5.32 Å². The summed E-state index contributed by atoms with van der Waals surface area (Å²) < 4.78 is 13.7. The van der Waals surface area contributed by atoms with Crippen LogP contribution < -0.4 is 5.32 Å². The number of carbonyl (C=O) groups is 1. The first-order valence-electron chi connectivity index (χ1n) is 8.80. The van der Waals surface area contributed by atoms with Crippen LogP contribution >= 0.6 is 0 Å². The van der Waals surface area contributed by atoms with Gasteiger partial charge >= 0.3 is 0 Å². The Balaban J connectivity index is 1.69. The van der Waals surface area contributed by atoms with Crippen molar-refractivity contribution in [1.29, 1.82) is 0 Å². The molecule has 0 heterocycles. The highest BCUT2D eigenvalue weighted by atomic mass is 19.1. The quantitative estimate of drug-likeness (QED) is 0.868. The van der Waals surface area contributed by atoms with Gasteiger partial charge in [0.1, 0.15) is 5.82 Å². The Morgan fingerprint density at radius 1 is 0.958 bits per heavy atom. The molecular weight excluding hydrogens is 301 g/mol. The lowest BCUT2D eigenvalue weighted by molar-refractivity contribution is -0.128. The van der Waals surface area contributed by atoms with E-state index in [1.54, 1.807) is 12.1 Å². The summed E-state index contributed by atoms with van der Waals surface area (Å²) in [6.45, 7) is 0.467. The average molecular weight is 325 g/mol. The topological polar surface area (TPSA) is 29.1 Å². The fraction of sp³-hybridized carbons (Fsp3) is 0.381. The second-order valence-electron chi connectivity index (χ2n) is 6.61. The van der Waals surface area contributed by atoms with Crippen LogP contribution in [0.1, 0.15) is 43.2 Å². The van der Waals surface area contributed by atoms with Gasteiger partial charge in [-0.25, -0.2) is 4.39 Å². The van der Waals surface area contributed by atoms with Crippen molar-refractivity contribution >= 4 is 5.91 Å². The summed E-state index contributed by atoms with van der Waals surface area (Å²) in [7, 11) is 0. The highest BCUT2D eigenvalue weighted by Crippen LogP contribution is 2.39. The van der Waals surface area contributed by atoms with Gasteiger partial charge in [-0.05, 0) is 36.5 Å². The average Bonchev–Trinajstić information content (AvgIpc) is 2.64. The molecule has 1 amide bonds. The third-order valence-electron chi connectivity index (χ3n) is 5.11. The Morgan fingerprint density at radius 3 is 2.33 bits per heavy atom. The molecule has 2 nitrogen and oxygen atoms in total. The van der Waals surface area contributed by atoms with Crippen LogP contribution in [0, 0.1) is 5.82 Å². The van der Waals surface area contributed by atoms with E-state index in [-0.39, 0.29) is 11.7 Å². The van der Waals surface area contributed by atoms with Gasteiger partial charge in [-0.1, -0.05) is 67.8 Å². The van der Waals surface area contributed by atoms with Gasteiger partial charge in [0.05, 0.1) is 5.41 Å².